The third kappa shape index (κ3) is 4.70. The summed E-state index contributed by atoms with van der Waals surface area (Å²) in [7, 11) is -0.854. The van der Waals surface area contributed by atoms with Crippen LogP contribution in [-0.2, 0) is 9.84 Å². The Bertz CT molecular complexity index is 385. The van der Waals surface area contributed by atoms with Crippen LogP contribution in [0.5, 0.6) is 0 Å². The van der Waals surface area contributed by atoms with Gasteiger partial charge in [-0.1, -0.05) is 6.92 Å². The Morgan fingerprint density at radius 2 is 2.16 bits per heavy atom. The van der Waals surface area contributed by atoms with Crippen molar-refractivity contribution in [3.05, 3.63) is 0 Å². The van der Waals surface area contributed by atoms with E-state index in [1.807, 2.05) is 20.9 Å². The predicted molar refractivity (Wildman–Crippen MR) is 78.1 cm³/mol. The van der Waals surface area contributed by atoms with Crippen LogP contribution in [0.15, 0.2) is 0 Å². The minimum absolute atomic E-state index is 0.0853. The van der Waals surface area contributed by atoms with Crippen LogP contribution in [0, 0.1) is 0 Å². The lowest BCUT2D eigenvalue weighted by atomic mass is 9.93. The number of hydrogen-bond acceptors (Lipinski definition) is 5. The maximum atomic E-state index is 11.5. The minimum Gasteiger partial charge on any atom is -0.394 e. The SMILES string of the molecule is CCNC(C)(CO)CC(C)N(C)C1CCS(=O)(=O)C1. The number of likely N-dealkylation sites (N-methyl/N-ethyl adjacent to an activating group) is 1. The first-order chi connectivity index (χ1) is 8.73. The number of nitrogens with one attached hydrogen (secondary N) is 1. The van der Waals surface area contributed by atoms with Gasteiger partial charge in [0.25, 0.3) is 0 Å². The number of aliphatic hydroxyl groups excluding tert-OH is 1. The second-order valence-electron chi connectivity index (χ2n) is 6.02. The molecule has 1 saturated heterocycles. The minimum atomic E-state index is -2.84. The van der Waals surface area contributed by atoms with Crippen molar-refractivity contribution in [2.24, 2.45) is 0 Å². The molecule has 1 aliphatic heterocycles. The fourth-order valence-electron chi connectivity index (χ4n) is 2.87. The monoisotopic (exact) mass is 292 g/mol. The van der Waals surface area contributed by atoms with Gasteiger partial charge < -0.3 is 10.4 Å². The van der Waals surface area contributed by atoms with E-state index in [1.165, 1.54) is 0 Å². The molecular weight excluding hydrogens is 264 g/mol. The highest BCUT2D eigenvalue weighted by Crippen LogP contribution is 2.22. The first-order valence-corrected chi connectivity index (χ1v) is 8.83. The number of aliphatic hydroxyl groups is 1. The molecule has 19 heavy (non-hydrogen) atoms. The van der Waals surface area contributed by atoms with Crippen molar-refractivity contribution in [3.8, 4) is 0 Å². The van der Waals surface area contributed by atoms with Crippen LogP contribution in [0.4, 0.5) is 0 Å². The van der Waals surface area contributed by atoms with Gasteiger partial charge in [0.15, 0.2) is 9.84 Å². The number of sulfone groups is 1. The van der Waals surface area contributed by atoms with Gasteiger partial charge in [-0.2, -0.15) is 0 Å². The number of nitrogens with zero attached hydrogens (tertiary/aromatic N) is 1. The fourth-order valence-corrected chi connectivity index (χ4v) is 4.66. The van der Waals surface area contributed by atoms with Crippen LogP contribution in [0.3, 0.4) is 0 Å². The van der Waals surface area contributed by atoms with Gasteiger partial charge >= 0.3 is 0 Å². The van der Waals surface area contributed by atoms with E-state index in [-0.39, 0.29) is 30.0 Å². The van der Waals surface area contributed by atoms with E-state index in [9.17, 15) is 13.5 Å². The molecule has 3 unspecified atom stereocenters. The second-order valence-corrected chi connectivity index (χ2v) is 8.25. The van der Waals surface area contributed by atoms with Gasteiger partial charge in [0.05, 0.1) is 18.1 Å². The summed E-state index contributed by atoms with van der Waals surface area (Å²) >= 11 is 0. The van der Waals surface area contributed by atoms with E-state index in [1.54, 1.807) is 0 Å². The highest BCUT2D eigenvalue weighted by Gasteiger charge is 2.34. The van der Waals surface area contributed by atoms with Crippen molar-refractivity contribution in [3.63, 3.8) is 0 Å². The Morgan fingerprint density at radius 3 is 2.58 bits per heavy atom. The Hall–Kier alpha value is -0.170. The summed E-state index contributed by atoms with van der Waals surface area (Å²) in [5, 5.41) is 12.8. The quantitative estimate of drug-likeness (QED) is 0.704. The highest BCUT2D eigenvalue weighted by atomic mass is 32.2. The van der Waals surface area contributed by atoms with E-state index in [0.29, 0.717) is 5.75 Å². The Labute approximate surface area is 117 Å². The zero-order valence-corrected chi connectivity index (χ0v) is 13.3. The average molecular weight is 292 g/mol. The zero-order chi connectivity index (χ0) is 14.7. The fraction of sp³-hybridized carbons (Fsp3) is 1.00. The van der Waals surface area contributed by atoms with Crippen molar-refractivity contribution in [2.45, 2.75) is 51.2 Å². The predicted octanol–water partition coefficient (Wildman–Crippen LogP) is 0.244. The molecule has 0 spiro atoms. The number of hydrogen-bond donors (Lipinski definition) is 2. The molecule has 0 amide bonds. The topological polar surface area (TPSA) is 69.6 Å². The van der Waals surface area contributed by atoms with Crippen molar-refractivity contribution < 1.29 is 13.5 Å². The molecule has 6 heteroatoms. The molecule has 1 heterocycles. The molecule has 3 atom stereocenters. The molecule has 0 saturated carbocycles. The second kappa shape index (κ2) is 6.52. The van der Waals surface area contributed by atoms with E-state index in [4.69, 9.17) is 0 Å². The lowest BCUT2D eigenvalue weighted by Crippen LogP contribution is -2.51. The molecular formula is C13H28N2O3S. The summed E-state index contributed by atoms with van der Waals surface area (Å²) in [6.45, 7) is 7.02. The molecule has 1 rings (SSSR count). The molecule has 1 aliphatic rings. The summed E-state index contributed by atoms with van der Waals surface area (Å²) in [6, 6.07) is 0.346. The molecule has 0 aliphatic carbocycles. The largest absolute Gasteiger partial charge is 0.394 e. The molecule has 0 aromatic heterocycles. The molecule has 5 nitrogen and oxygen atoms in total. The van der Waals surface area contributed by atoms with Gasteiger partial charge in [-0.15, -0.1) is 0 Å². The van der Waals surface area contributed by atoms with Gasteiger partial charge in [0.2, 0.25) is 0 Å². The lowest BCUT2D eigenvalue weighted by molar-refractivity contribution is 0.112. The molecule has 2 N–H and O–H groups in total. The third-order valence-electron chi connectivity index (χ3n) is 4.18. The van der Waals surface area contributed by atoms with Gasteiger partial charge in [0.1, 0.15) is 0 Å². The third-order valence-corrected chi connectivity index (χ3v) is 5.93. The van der Waals surface area contributed by atoms with Crippen LogP contribution < -0.4 is 5.32 Å². The van der Waals surface area contributed by atoms with Gasteiger partial charge in [-0.3, -0.25) is 4.90 Å². The smallest absolute Gasteiger partial charge is 0.151 e. The molecule has 1 fully saturated rings. The summed E-state index contributed by atoms with van der Waals surface area (Å²) < 4.78 is 23.1. The summed E-state index contributed by atoms with van der Waals surface area (Å²) in [5.41, 5.74) is -0.306. The molecule has 0 aromatic rings. The average Bonchev–Trinajstić information content (AvgIpc) is 2.69. The molecule has 0 aromatic carbocycles. The van der Waals surface area contributed by atoms with Crippen molar-refractivity contribution in [1.82, 2.24) is 10.2 Å². The Balaban J connectivity index is 2.60. The lowest BCUT2D eigenvalue weighted by Gasteiger charge is -2.37. The Kier molecular flexibility index (Phi) is 5.79. The van der Waals surface area contributed by atoms with Gasteiger partial charge in [-0.25, -0.2) is 8.42 Å². The zero-order valence-electron chi connectivity index (χ0n) is 12.5. The van der Waals surface area contributed by atoms with Crippen molar-refractivity contribution in [2.75, 3.05) is 31.7 Å². The summed E-state index contributed by atoms with van der Waals surface area (Å²) in [6.07, 6.45) is 1.52. The van der Waals surface area contributed by atoms with Crippen molar-refractivity contribution in [1.29, 1.82) is 0 Å². The van der Waals surface area contributed by atoms with Crippen LogP contribution in [0.1, 0.15) is 33.6 Å². The van der Waals surface area contributed by atoms with Crippen LogP contribution in [0.2, 0.25) is 0 Å². The van der Waals surface area contributed by atoms with Gasteiger partial charge in [0, 0.05) is 17.6 Å². The van der Waals surface area contributed by atoms with E-state index >= 15 is 0 Å². The first kappa shape index (κ1) is 16.9. The standard InChI is InChI=1S/C13H28N2O3S/c1-5-14-13(3,10-16)8-11(2)15(4)12-6-7-19(17,18)9-12/h11-12,14,16H,5-10H2,1-4H3. The number of rotatable bonds is 7. The highest BCUT2D eigenvalue weighted by molar-refractivity contribution is 7.91. The van der Waals surface area contributed by atoms with Crippen LogP contribution in [-0.4, -0.2) is 67.8 Å². The molecule has 0 radical (unpaired) electrons. The maximum absolute atomic E-state index is 11.5. The summed E-state index contributed by atoms with van der Waals surface area (Å²) in [4.78, 5) is 2.15. The van der Waals surface area contributed by atoms with Crippen LogP contribution in [0.25, 0.3) is 0 Å². The van der Waals surface area contributed by atoms with E-state index in [0.717, 1.165) is 19.4 Å². The normalized spacial score (nSPS) is 27.4. The van der Waals surface area contributed by atoms with E-state index < -0.39 is 9.84 Å². The van der Waals surface area contributed by atoms with Gasteiger partial charge in [-0.05, 0) is 40.3 Å². The van der Waals surface area contributed by atoms with Crippen LogP contribution >= 0.6 is 0 Å². The Morgan fingerprint density at radius 1 is 1.53 bits per heavy atom. The first-order valence-electron chi connectivity index (χ1n) is 7.01. The molecule has 0 bridgehead atoms. The van der Waals surface area contributed by atoms with E-state index in [2.05, 4.69) is 17.1 Å². The maximum Gasteiger partial charge on any atom is 0.151 e. The van der Waals surface area contributed by atoms with Crippen molar-refractivity contribution >= 4 is 9.84 Å². The molecule has 114 valence electrons. The summed E-state index contributed by atoms with van der Waals surface area (Å²) in [5.74, 6) is 0.574.